The van der Waals surface area contributed by atoms with E-state index in [-0.39, 0.29) is 12.4 Å². The van der Waals surface area contributed by atoms with Crippen LogP contribution in [-0.4, -0.2) is 65.7 Å². The molecule has 1 saturated heterocycles. The molecule has 0 spiro atoms. The van der Waals surface area contributed by atoms with Crippen LogP contribution in [0.5, 0.6) is 0 Å². The molecule has 0 atom stereocenters. The van der Waals surface area contributed by atoms with Gasteiger partial charge in [-0.3, -0.25) is 10.3 Å². The van der Waals surface area contributed by atoms with Gasteiger partial charge in [0.05, 0.1) is 23.1 Å². The number of rotatable bonds is 5. The van der Waals surface area contributed by atoms with Crippen molar-refractivity contribution in [3.05, 3.63) is 46.5 Å². The van der Waals surface area contributed by atoms with Gasteiger partial charge in [-0.25, -0.2) is 4.98 Å². The molecule has 3 aromatic rings. The van der Waals surface area contributed by atoms with E-state index in [1.165, 1.54) is 10.4 Å². The summed E-state index contributed by atoms with van der Waals surface area (Å²) < 4.78 is 2.04. The Morgan fingerprint density at radius 2 is 1.88 bits per heavy atom. The molecule has 0 amide bonds. The van der Waals surface area contributed by atoms with Crippen LogP contribution in [0.25, 0.3) is 10.2 Å². The first kappa shape index (κ1) is 23.0. The summed E-state index contributed by atoms with van der Waals surface area (Å²) in [5.74, 6) is 0. The first-order valence-corrected chi connectivity index (χ1v) is 12.0. The lowest BCUT2D eigenvalue weighted by Crippen LogP contribution is -2.47. The Kier molecular flexibility index (Phi) is 7.05. The van der Waals surface area contributed by atoms with Crippen LogP contribution < -0.4 is 16.1 Å². The van der Waals surface area contributed by atoms with Crippen molar-refractivity contribution >= 4 is 45.3 Å². The van der Waals surface area contributed by atoms with Gasteiger partial charge in [0.2, 0.25) is 0 Å². The van der Waals surface area contributed by atoms with Gasteiger partial charge in [-0.05, 0) is 44.1 Å². The summed E-state index contributed by atoms with van der Waals surface area (Å²) >= 11 is 1.76. The number of likely N-dealkylation sites (N-methyl/N-ethyl adjacent to an activating group) is 1. The Hall–Kier alpha value is -2.13. The van der Waals surface area contributed by atoms with Crippen LogP contribution in [0.15, 0.2) is 30.6 Å². The lowest BCUT2D eigenvalue weighted by Gasteiger charge is -2.36. The van der Waals surface area contributed by atoms with E-state index in [1.807, 2.05) is 23.0 Å². The summed E-state index contributed by atoms with van der Waals surface area (Å²) in [5, 5.41) is 9.88. The van der Waals surface area contributed by atoms with Crippen LogP contribution in [0.1, 0.15) is 16.9 Å². The van der Waals surface area contributed by atoms with Crippen LogP contribution in [-0.2, 0) is 19.5 Å². The average Bonchev–Trinajstić information content (AvgIpc) is 3.14. The number of thiophene rings is 1. The standard InChI is InChI=1S/C23H31N7S.ClH/c1-27-10-7-17-20(15-27)31-23-21(17)22(25)30(16-26-23)9-4-8-28-11-13-29(14-12-28)19-6-3-2-5-18(19)24;/h2-3,5-6,16,25H,4,7-15,24H2,1H3;1H. The normalized spacial score (nSPS) is 17.3. The van der Waals surface area contributed by atoms with E-state index in [4.69, 9.17) is 16.1 Å². The molecule has 7 nitrogen and oxygen atoms in total. The zero-order chi connectivity index (χ0) is 21.4. The molecule has 2 aliphatic heterocycles. The number of para-hydroxylation sites is 2. The first-order chi connectivity index (χ1) is 15.1. The van der Waals surface area contributed by atoms with E-state index in [1.54, 1.807) is 11.3 Å². The van der Waals surface area contributed by atoms with Gasteiger partial charge in [0.15, 0.2) is 0 Å². The third kappa shape index (κ3) is 4.50. The number of halogens is 1. The largest absolute Gasteiger partial charge is 0.397 e. The lowest BCUT2D eigenvalue weighted by atomic mass is 10.1. The maximum absolute atomic E-state index is 8.79. The SMILES string of the molecule is CN1CCc2c(sc3ncn(CCCN4CCN(c5ccccc5N)CC4)c(=N)c23)C1.Cl. The zero-order valence-electron chi connectivity index (χ0n) is 18.6. The van der Waals surface area contributed by atoms with E-state index in [9.17, 15) is 0 Å². The maximum atomic E-state index is 8.79. The Morgan fingerprint density at radius 3 is 2.66 bits per heavy atom. The second-order valence-corrected chi connectivity index (χ2v) is 9.78. The Labute approximate surface area is 199 Å². The second-order valence-electron chi connectivity index (χ2n) is 8.70. The number of aryl methyl sites for hydroxylation is 1. The van der Waals surface area contributed by atoms with Crippen LogP contribution in [0.4, 0.5) is 11.4 Å². The van der Waals surface area contributed by atoms with E-state index >= 15 is 0 Å². The number of nitrogens with zero attached hydrogens (tertiary/aromatic N) is 5. The number of aromatic nitrogens is 2. The van der Waals surface area contributed by atoms with Gasteiger partial charge in [0.25, 0.3) is 0 Å². The number of hydrogen-bond acceptors (Lipinski definition) is 7. The molecular weight excluding hydrogens is 442 g/mol. The van der Waals surface area contributed by atoms with Crippen molar-refractivity contribution in [1.82, 2.24) is 19.4 Å². The fourth-order valence-electron chi connectivity index (χ4n) is 4.80. The minimum atomic E-state index is 0. The molecule has 5 rings (SSSR count). The number of nitrogens with two attached hydrogens (primary N) is 1. The molecule has 1 aromatic carbocycles. The fraction of sp³-hybridized carbons (Fsp3) is 0.478. The van der Waals surface area contributed by atoms with Crippen molar-refractivity contribution in [2.45, 2.75) is 25.9 Å². The van der Waals surface area contributed by atoms with Crippen molar-refractivity contribution in [3.63, 3.8) is 0 Å². The Balaban J connectivity index is 0.00000245. The summed E-state index contributed by atoms with van der Waals surface area (Å²) in [5.41, 5.74) is 10.2. The molecule has 0 saturated carbocycles. The minimum absolute atomic E-state index is 0. The summed E-state index contributed by atoms with van der Waals surface area (Å²) in [7, 11) is 2.16. The third-order valence-corrected chi connectivity index (χ3v) is 7.72. The molecule has 3 N–H and O–H groups in total. The molecule has 32 heavy (non-hydrogen) atoms. The van der Waals surface area contributed by atoms with Gasteiger partial charge >= 0.3 is 0 Å². The summed E-state index contributed by atoms with van der Waals surface area (Å²) in [6.45, 7) is 8.06. The number of fused-ring (bicyclic) bond motifs is 3. The van der Waals surface area contributed by atoms with Crippen LogP contribution in [0.2, 0.25) is 0 Å². The summed E-state index contributed by atoms with van der Waals surface area (Å²) in [6, 6.07) is 8.14. The van der Waals surface area contributed by atoms with Gasteiger partial charge in [-0.1, -0.05) is 12.1 Å². The van der Waals surface area contributed by atoms with Crippen LogP contribution in [0.3, 0.4) is 0 Å². The Morgan fingerprint density at radius 1 is 1.09 bits per heavy atom. The highest BCUT2D eigenvalue weighted by atomic mass is 35.5. The summed E-state index contributed by atoms with van der Waals surface area (Å²) in [4.78, 5) is 14.4. The lowest BCUT2D eigenvalue weighted by molar-refractivity contribution is 0.250. The van der Waals surface area contributed by atoms with Gasteiger partial charge in [0.1, 0.15) is 10.3 Å². The van der Waals surface area contributed by atoms with Crippen LogP contribution >= 0.6 is 23.7 Å². The first-order valence-electron chi connectivity index (χ1n) is 11.1. The van der Waals surface area contributed by atoms with Crippen molar-refractivity contribution in [1.29, 1.82) is 5.41 Å². The predicted octanol–water partition coefficient (Wildman–Crippen LogP) is 2.78. The molecule has 0 unspecified atom stereocenters. The molecule has 0 aliphatic carbocycles. The number of nitrogens with one attached hydrogen (secondary N) is 1. The van der Waals surface area contributed by atoms with Crippen molar-refractivity contribution in [3.8, 4) is 0 Å². The average molecular weight is 474 g/mol. The maximum Gasteiger partial charge on any atom is 0.136 e. The quantitative estimate of drug-likeness (QED) is 0.557. The van der Waals surface area contributed by atoms with Crippen LogP contribution in [0, 0.1) is 5.41 Å². The van der Waals surface area contributed by atoms with Gasteiger partial charge in [0, 0.05) is 50.7 Å². The molecule has 0 bridgehead atoms. The topological polar surface area (TPSA) is 77.4 Å². The highest BCUT2D eigenvalue weighted by Crippen LogP contribution is 2.31. The number of nitrogen functional groups attached to an aromatic ring is 1. The molecule has 0 radical (unpaired) electrons. The number of anilines is 2. The predicted molar refractivity (Wildman–Crippen MR) is 135 cm³/mol. The number of hydrogen-bond donors (Lipinski definition) is 2. The van der Waals surface area contributed by atoms with Gasteiger partial charge < -0.3 is 20.1 Å². The molecule has 2 aliphatic rings. The van der Waals surface area contributed by atoms with E-state index in [2.05, 4.69) is 33.9 Å². The molecule has 4 heterocycles. The zero-order valence-corrected chi connectivity index (χ0v) is 20.2. The number of piperazine rings is 1. The monoisotopic (exact) mass is 473 g/mol. The van der Waals surface area contributed by atoms with E-state index < -0.39 is 0 Å². The number of benzene rings is 1. The highest BCUT2D eigenvalue weighted by molar-refractivity contribution is 7.18. The smallest absolute Gasteiger partial charge is 0.136 e. The minimum Gasteiger partial charge on any atom is -0.397 e. The van der Waals surface area contributed by atoms with Crippen molar-refractivity contribution < 1.29 is 0 Å². The van der Waals surface area contributed by atoms with Gasteiger partial charge in [-0.2, -0.15) is 0 Å². The third-order valence-electron chi connectivity index (χ3n) is 6.59. The molecular formula is C23H32ClN7S. The van der Waals surface area contributed by atoms with E-state index in [0.29, 0.717) is 5.49 Å². The van der Waals surface area contributed by atoms with Crippen molar-refractivity contribution in [2.24, 2.45) is 0 Å². The molecule has 2 aromatic heterocycles. The summed E-state index contributed by atoms with van der Waals surface area (Å²) in [6.07, 6.45) is 3.93. The Bertz CT molecular complexity index is 1130. The highest BCUT2D eigenvalue weighted by Gasteiger charge is 2.21. The molecule has 172 valence electrons. The van der Waals surface area contributed by atoms with Crippen molar-refractivity contribution in [2.75, 3.05) is 56.9 Å². The second kappa shape index (κ2) is 9.79. The van der Waals surface area contributed by atoms with E-state index in [0.717, 1.165) is 86.8 Å². The molecule has 9 heteroatoms. The van der Waals surface area contributed by atoms with Gasteiger partial charge in [-0.15, -0.1) is 23.7 Å². The fourth-order valence-corrected chi connectivity index (χ4v) is 6.06. The molecule has 1 fully saturated rings.